The van der Waals surface area contributed by atoms with Crippen molar-refractivity contribution in [3.8, 4) is 0 Å². The highest BCUT2D eigenvalue weighted by atomic mass is 16.1. The number of nitrogens with two attached hydrogens (primary N) is 1. The summed E-state index contributed by atoms with van der Waals surface area (Å²) in [5, 5.41) is 3.36. The van der Waals surface area contributed by atoms with Crippen molar-refractivity contribution >= 4 is 17.5 Å². The lowest BCUT2D eigenvalue weighted by Gasteiger charge is -2.33. The number of aromatic nitrogens is 2. The van der Waals surface area contributed by atoms with Crippen LogP contribution < -0.4 is 16.0 Å². The molecule has 1 atom stereocenters. The van der Waals surface area contributed by atoms with Crippen molar-refractivity contribution in [1.29, 1.82) is 0 Å². The summed E-state index contributed by atoms with van der Waals surface area (Å²) in [7, 11) is 0. The molecular weight excluding hydrogens is 266 g/mol. The Labute approximate surface area is 126 Å². The van der Waals surface area contributed by atoms with Gasteiger partial charge in [0.15, 0.2) is 0 Å². The van der Waals surface area contributed by atoms with Crippen molar-refractivity contribution in [2.45, 2.75) is 39.5 Å². The first-order valence-corrected chi connectivity index (χ1v) is 7.79. The molecule has 6 heteroatoms. The van der Waals surface area contributed by atoms with E-state index in [1.54, 1.807) is 6.33 Å². The number of amides is 1. The molecule has 2 rings (SSSR count). The third kappa shape index (κ3) is 3.62. The van der Waals surface area contributed by atoms with Crippen molar-refractivity contribution in [2.75, 3.05) is 29.9 Å². The van der Waals surface area contributed by atoms with Gasteiger partial charge in [0.05, 0.1) is 5.92 Å². The zero-order valence-electron chi connectivity index (χ0n) is 12.9. The fourth-order valence-electron chi connectivity index (χ4n) is 2.80. The second-order valence-corrected chi connectivity index (χ2v) is 5.49. The van der Waals surface area contributed by atoms with Crippen LogP contribution in [0, 0.1) is 5.92 Å². The molecule has 1 fully saturated rings. The maximum Gasteiger partial charge on any atom is 0.222 e. The number of carbonyl (C=O) groups is 1. The van der Waals surface area contributed by atoms with Gasteiger partial charge in [-0.05, 0) is 25.7 Å². The molecule has 1 unspecified atom stereocenters. The SMILES string of the molecule is CCCNc1ncnc(N2CCCC(C(N)=O)C2)c1CC. The molecule has 6 nitrogen and oxygen atoms in total. The number of piperidine rings is 1. The number of nitrogens with one attached hydrogen (secondary N) is 1. The number of primary amides is 1. The summed E-state index contributed by atoms with van der Waals surface area (Å²) >= 11 is 0. The summed E-state index contributed by atoms with van der Waals surface area (Å²) in [4.78, 5) is 22.4. The van der Waals surface area contributed by atoms with Gasteiger partial charge in [-0.15, -0.1) is 0 Å². The first kappa shape index (κ1) is 15.5. The van der Waals surface area contributed by atoms with E-state index in [1.807, 2.05) is 0 Å². The van der Waals surface area contributed by atoms with Gasteiger partial charge in [-0.25, -0.2) is 9.97 Å². The van der Waals surface area contributed by atoms with Gasteiger partial charge in [-0.1, -0.05) is 13.8 Å². The highest BCUT2D eigenvalue weighted by molar-refractivity contribution is 5.77. The van der Waals surface area contributed by atoms with E-state index in [2.05, 4.69) is 34.0 Å². The van der Waals surface area contributed by atoms with Crippen LogP contribution in [0.15, 0.2) is 6.33 Å². The van der Waals surface area contributed by atoms with Gasteiger partial charge in [-0.3, -0.25) is 4.79 Å². The van der Waals surface area contributed by atoms with E-state index in [9.17, 15) is 4.79 Å². The first-order chi connectivity index (χ1) is 10.2. The Kier molecular flexibility index (Phi) is 5.36. The highest BCUT2D eigenvalue weighted by Gasteiger charge is 2.26. The molecule has 0 aromatic carbocycles. The van der Waals surface area contributed by atoms with E-state index in [0.717, 1.165) is 56.0 Å². The van der Waals surface area contributed by atoms with Crippen LogP contribution in [0.4, 0.5) is 11.6 Å². The lowest BCUT2D eigenvalue weighted by Crippen LogP contribution is -2.42. The van der Waals surface area contributed by atoms with Gasteiger partial charge >= 0.3 is 0 Å². The van der Waals surface area contributed by atoms with Crippen molar-refractivity contribution in [3.63, 3.8) is 0 Å². The molecule has 1 aromatic rings. The average Bonchev–Trinajstić information content (AvgIpc) is 2.52. The molecular formula is C15H25N5O. The van der Waals surface area contributed by atoms with Crippen molar-refractivity contribution in [3.05, 3.63) is 11.9 Å². The van der Waals surface area contributed by atoms with Crippen LogP contribution in [-0.4, -0.2) is 35.5 Å². The number of hydrogen-bond donors (Lipinski definition) is 2. The molecule has 1 aliphatic heterocycles. The first-order valence-electron chi connectivity index (χ1n) is 7.79. The topological polar surface area (TPSA) is 84.1 Å². The second kappa shape index (κ2) is 7.24. The van der Waals surface area contributed by atoms with Gasteiger partial charge in [-0.2, -0.15) is 0 Å². The van der Waals surface area contributed by atoms with Crippen LogP contribution in [0.3, 0.4) is 0 Å². The molecule has 2 heterocycles. The van der Waals surface area contributed by atoms with Crippen molar-refractivity contribution in [1.82, 2.24) is 9.97 Å². The summed E-state index contributed by atoms with van der Waals surface area (Å²) in [6.07, 6.45) is 5.36. The fraction of sp³-hybridized carbons (Fsp3) is 0.667. The van der Waals surface area contributed by atoms with Crippen LogP contribution in [-0.2, 0) is 11.2 Å². The van der Waals surface area contributed by atoms with Gasteiger partial charge in [0.2, 0.25) is 5.91 Å². The quantitative estimate of drug-likeness (QED) is 0.831. The van der Waals surface area contributed by atoms with Crippen LogP contribution in [0.5, 0.6) is 0 Å². The largest absolute Gasteiger partial charge is 0.370 e. The van der Waals surface area contributed by atoms with E-state index in [4.69, 9.17) is 5.73 Å². The minimum Gasteiger partial charge on any atom is -0.370 e. The number of anilines is 2. The molecule has 0 aliphatic carbocycles. The summed E-state index contributed by atoms with van der Waals surface area (Å²) in [5.74, 6) is 1.56. The third-order valence-electron chi connectivity index (χ3n) is 3.94. The number of hydrogen-bond acceptors (Lipinski definition) is 5. The monoisotopic (exact) mass is 291 g/mol. The van der Waals surface area contributed by atoms with E-state index in [1.165, 1.54) is 0 Å². The minimum absolute atomic E-state index is 0.0783. The van der Waals surface area contributed by atoms with E-state index in [-0.39, 0.29) is 11.8 Å². The Bertz CT molecular complexity index is 491. The summed E-state index contributed by atoms with van der Waals surface area (Å²) in [6, 6.07) is 0. The van der Waals surface area contributed by atoms with Gasteiger partial charge in [0.1, 0.15) is 18.0 Å². The molecule has 3 N–H and O–H groups in total. The fourth-order valence-corrected chi connectivity index (χ4v) is 2.80. The number of carbonyl (C=O) groups excluding carboxylic acids is 1. The van der Waals surface area contributed by atoms with E-state index in [0.29, 0.717) is 6.54 Å². The average molecular weight is 291 g/mol. The lowest BCUT2D eigenvalue weighted by atomic mass is 9.97. The maximum atomic E-state index is 11.4. The predicted molar refractivity (Wildman–Crippen MR) is 84.3 cm³/mol. The second-order valence-electron chi connectivity index (χ2n) is 5.49. The van der Waals surface area contributed by atoms with Crippen LogP contribution in [0.2, 0.25) is 0 Å². The molecule has 0 bridgehead atoms. The molecule has 1 amide bonds. The van der Waals surface area contributed by atoms with Crippen LogP contribution in [0.25, 0.3) is 0 Å². The molecule has 0 saturated carbocycles. The number of nitrogens with zero attached hydrogens (tertiary/aromatic N) is 3. The van der Waals surface area contributed by atoms with Crippen molar-refractivity contribution < 1.29 is 4.79 Å². The van der Waals surface area contributed by atoms with Crippen LogP contribution in [0.1, 0.15) is 38.7 Å². The summed E-state index contributed by atoms with van der Waals surface area (Å²) < 4.78 is 0. The van der Waals surface area contributed by atoms with E-state index >= 15 is 0 Å². The Balaban J connectivity index is 2.23. The molecule has 0 spiro atoms. The summed E-state index contributed by atoms with van der Waals surface area (Å²) in [5.41, 5.74) is 6.58. The smallest absolute Gasteiger partial charge is 0.222 e. The normalized spacial score (nSPS) is 18.6. The predicted octanol–water partition coefficient (Wildman–Crippen LogP) is 1.56. The zero-order chi connectivity index (χ0) is 15.2. The molecule has 116 valence electrons. The number of rotatable bonds is 6. The third-order valence-corrected chi connectivity index (χ3v) is 3.94. The Hall–Kier alpha value is -1.85. The molecule has 1 aromatic heterocycles. The zero-order valence-corrected chi connectivity index (χ0v) is 12.9. The molecule has 21 heavy (non-hydrogen) atoms. The van der Waals surface area contributed by atoms with Gasteiger partial charge in [0, 0.05) is 25.2 Å². The Morgan fingerprint density at radius 3 is 2.95 bits per heavy atom. The maximum absolute atomic E-state index is 11.4. The Morgan fingerprint density at radius 1 is 1.48 bits per heavy atom. The lowest BCUT2D eigenvalue weighted by molar-refractivity contribution is -0.122. The molecule has 1 aliphatic rings. The van der Waals surface area contributed by atoms with Gasteiger partial charge < -0.3 is 16.0 Å². The van der Waals surface area contributed by atoms with Crippen molar-refractivity contribution in [2.24, 2.45) is 11.7 Å². The Morgan fingerprint density at radius 2 is 2.29 bits per heavy atom. The molecule has 1 saturated heterocycles. The standard InChI is InChI=1S/C15H25N5O/c1-3-7-17-14-12(4-2)15(19-10-18-14)20-8-5-6-11(9-20)13(16)21/h10-11H,3-9H2,1-2H3,(H2,16,21)(H,17,18,19). The van der Waals surface area contributed by atoms with Gasteiger partial charge in [0.25, 0.3) is 0 Å². The minimum atomic E-state index is -0.212. The van der Waals surface area contributed by atoms with Crippen LogP contribution >= 0.6 is 0 Å². The highest BCUT2D eigenvalue weighted by Crippen LogP contribution is 2.28. The van der Waals surface area contributed by atoms with E-state index < -0.39 is 0 Å². The summed E-state index contributed by atoms with van der Waals surface area (Å²) in [6.45, 7) is 6.71. The molecule has 0 radical (unpaired) electrons.